The first-order chi connectivity index (χ1) is 11.3. The van der Waals surface area contributed by atoms with Gasteiger partial charge in [-0.2, -0.15) is 4.31 Å². The van der Waals surface area contributed by atoms with Crippen LogP contribution in [0.25, 0.3) is 0 Å². The average Bonchev–Trinajstić information content (AvgIpc) is 2.98. The Bertz CT molecular complexity index is 559. The van der Waals surface area contributed by atoms with Crippen molar-refractivity contribution in [3.05, 3.63) is 0 Å². The molecule has 0 saturated carbocycles. The number of sulfonamides is 1. The minimum absolute atomic E-state index is 0.0423. The number of ether oxygens (including phenoxy) is 2. The van der Waals surface area contributed by atoms with E-state index in [1.165, 1.54) is 0 Å². The molecule has 0 radical (unpaired) electrons. The molecule has 24 heavy (non-hydrogen) atoms. The molecule has 9 nitrogen and oxygen atoms in total. The summed E-state index contributed by atoms with van der Waals surface area (Å²) in [6.45, 7) is 0.962. The zero-order valence-electron chi connectivity index (χ0n) is 13.7. The number of carboxylic acid groups (broad SMARTS) is 1. The van der Waals surface area contributed by atoms with E-state index in [-0.39, 0.29) is 25.1 Å². The number of hydrogen-bond acceptors (Lipinski definition) is 6. The van der Waals surface area contributed by atoms with E-state index >= 15 is 0 Å². The van der Waals surface area contributed by atoms with Crippen LogP contribution in [0.5, 0.6) is 0 Å². The van der Waals surface area contributed by atoms with Gasteiger partial charge in [-0.15, -0.1) is 0 Å². The Morgan fingerprint density at radius 1 is 1.25 bits per heavy atom. The van der Waals surface area contributed by atoms with Gasteiger partial charge in [0.1, 0.15) is 6.54 Å². The predicted octanol–water partition coefficient (Wildman–Crippen LogP) is -0.871. The molecule has 1 N–H and O–H groups in total. The second-order valence-electron chi connectivity index (χ2n) is 6.12. The molecule has 0 aromatic heterocycles. The van der Waals surface area contributed by atoms with Crippen LogP contribution in [0.4, 0.5) is 0 Å². The number of carboxylic acids is 1. The zero-order chi connectivity index (χ0) is 17.7. The van der Waals surface area contributed by atoms with Crippen LogP contribution in [-0.4, -0.2) is 92.5 Å². The summed E-state index contributed by atoms with van der Waals surface area (Å²) >= 11 is 0. The maximum atomic E-state index is 12.3. The maximum Gasteiger partial charge on any atom is 0.318 e. The maximum absolute atomic E-state index is 12.3. The van der Waals surface area contributed by atoms with Gasteiger partial charge >= 0.3 is 5.97 Å². The lowest BCUT2D eigenvalue weighted by atomic mass is 10.1. The minimum atomic E-state index is -3.67. The molecular formula is C14H24N2O7S. The summed E-state index contributed by atoms with van der Waals surface area (Å²) in [5.74, 6) is -1.28. The monoisotopic (exact) mass is 364 g/mol. The summed E-state index contributed by atoms with van der Waals surface area (Å²) < 4.78 is 35.2. The molecule has 0 aliphatic carbocycles. The summed E-state index contributed by atoms with van der Waals surface area (Å²) in [5.41, 5.74) is 0. The van der Waals surface area contributed by atoms with Crippen LogP contribution in [-0.2, 0) is 29.1 Å². The van der Waals surface area contributed by atoms with E-state index in [0.717, 1.165) is 23.4 Å². The molecular weight excluding hydrogens is 340 g/mol. The van der Waals surface area contributed by atoms with Crippen molar-refractivity contribution in [2.75, 3.05) is 45.6 Å². The third kappa shape index (κ3) is 5.69. The van der Waals surface area contributed by atoms with Gasteiger partial charge in [0, 0.05) is 26.2 Å². The van der Waals surface area contributed by atoms with Crippen molar-refractivity contribution in [2.24, 2.45) is 0 Å². The molecule has 2 aliphatic heterocycles. The van der Waals surface area contributed by atoms with E-state index in [0.29, 0.717) is 26.2 Å². The molecule has 10 heteroatoms. The fraction of sp³-hybridized carbons (Fsp3) is 0.857. The fourth-order valence-electron chi connectivity index (χ4n) is 2.88. The SMILES string of the molecule is CS(=O)(=O)N(CC(=O)O)CC1CN(C(=O)C[C@H]2CCCO2)CCO1. The van der Waals surface area contributed by atoms with Gasteiger partial charge in [-0.05, 0) is 12.8 Å². The average molecular weight is 364 g/mol. The van der Waals surface area contributed by atoms with Crippen LogP contribution in [0.3, 0.4) is 0 Å². The summed E-state index contributed by atoms with van der Waals surface area (Å²) in [6, 6.07) is 0. The minimum Gasteiger partial charge on any atom is -0.480 e. The van der Waals surface area contributed by atoms with Crippen molar-refractivity contribution >= 4 is 21.9 Å². The summed E-state index contributed by atoms with van der Waals surface area (Å²) in [6.07, 6.45) is 2.53. The highest BCUT2D eigenvalue weighted by atomic mass is 32.2. The summed E-state index contributed by atoms with van der Waals surface area (Å²) in [7, 11) is -3.67. The van der Waals surface area contributed by atoms with Crippen LogP contribution in [0.15, 0.2) is 0 Å². The van der Waals surface area contributed by atoms with Gasteiger partial charge in [0.2, 0.25) is 15.9 Å². The summed E-state index contributed by atoms with van der Waals surface area (Å²) in [4.78, 5) is 24.8. The third-order valence-corrected chi connectivity index (χ3v) is 5.32. The number of aliphatic carboxylic acids is 1. The third-order valence-electron chi connectivity index (χ3n) is 4.11. The van der Waals surface area contributed by atoms with Gasteiger partial charge in [0.25, 0.3) is 0 Å². The molecule has 2 fully saturated rings. The second-order valence-corrected chi connectivity index (χ2v) is 8.10. The zero-order valence-corrected chi connectivity index (χ0v) is 14.5. The first-order valence-electron chi connectivity index (χ1n) is 7.93. The van der Waals surface area contributed by atoms with Gasteiger partial charge < -0.3 is 19.5 Å². The van der Waals surface area contributed by atoms with E-state index in [2.05, 4.69) is 0 Å². The van der Waals surface area contributed by atoms with E-state index in [1.807, 2.05) is 0 Å². The second kappa shape index (κ2) is 8.24. The quantitative estimate of drug-likeness (QED) is 0.624. The Hall–Kier alpha value is -1.23. The van der Waals surface area contributed by atoms with Crippen LogP contribution in [0, 0.1) is 0 Å². The van der Waals surface area contributed by atoms with E-state index in [9.17, 15) is 18.0 Å². The molecule has 2 rings (SSSR count). The number of carbonyl (C=O) groups excluding carboxylic acids is 1. The smallest absolute Gasteiger partial charge is 0.318 e. The van der Waals surface area contributed by atoms with Crippen molar-refractivity contribution in [3.8, 4) is 0 Å². The van der Waals surface area contributed by atoms with Crippen molar-refractivity contribution in [2.45, 2.75) is 31.5 Å². The fourth-order valence-corrected chi connectivity index (χ4v) is 3.66. The van der Waals surface area contributed by atoms with Gasteiger partial charge in [-0.3, -0.25) is 9.59 Å². The standard InChI is InChI=1S/C14H24N2O7S/c1-24(20,21)16(10-14(18)19)9-12-8-15(4-6-23-12)13(17)7-11-3-2-5-22-11/h11-12H,2-10H2,1H3,(H,18,19)/t11-,12?/m1/s1. The van der Waals surface area contributed by atoms with E-state index < -0.39 is 28.6 Å². The molecule has 0 aromatic carbocycles. The molecule has 0 aromatic rings. The van der Waals surface area contributed by atoms with Crippen LogP contribution < -0.4 is 0 Å². The molecule has 2 saturated heterocycles. The van der Waals surface area contributed by atoms with Crippen molar-refractivity contribution in [1.82, 2.24) is 9.21 Å². The first-order valence-corrected chi connectivity index (χ1v) is 9.78. The number of morpholine rings is 1. The lowest BCUT2D eigenvalue weighted by Crippen LogP contribution is -2.51. The molecule has 2 heterocycles. The van der Waals surface area contributed by atoms with Gasteiger partial charge in [-0.25, -0.2) is 8.42 Å². The normalized spacial score (nSPS) is 25.2. The highest BCUT2D eigenvalue weighted by Gasteiger charge is 2.31. The molecule has 2 aliphatic rings. The lowest BCUT2D eigenvalue weighted by Gasteiger charge is -2.35. The Labute approximate surface area is 141 Å². The van der Waals surface area contributed by atoms with Crippen LogP contribution in [0.1, 0.15) is 19.3 Å². The largest absolute Gasteiger partial charge is 0.480 e. The molecule has 2 atom stereocenters. The molecule has 1 amide bonds. The highest BCUT2D eigenvalue weighted by molar-refractivity contribution is 7.88. The molecule has 0 bridgehead atoms. The Morgan fingerprint density at radius 2 is 1.96 bits per heavy atom. The van der Waals surface area contributed by atoms with Crippen molar-refractivity contribution in [1.29, 1.82) is 0 Å². The van der Waals surface area contributed by atoms with Crippen molar-refractivity contribution < 1.29 is 32.6 Å². The van der Waals surface area contributed by atoms with E-state index in [1.54, 1.807) is 4.90 Å². The number of hydrogen-bond donors (Lipinski definition) is 1. The molecule has 0 spiro atoms. The van der Waals surface area contributed by atoms with Crippen LogP contribution in [0.2, 0.25) is 0 Å². The number of carbonyl (C=O) groups is 2. The molecule has 138 valence electrons. The number of amides is 1. The first kappa shape index (κ1) is 19.1. The van der Waals surface area contributed by atoms with Gasteiger partial charge in [0.15, 0.2) is 0 Å². The number of nitrogens with zero attached hydrogens (tertiary/aromatic N) is 2. The van der Waals surface area contributed by atoms with E-state index in [4.69, 9.17) is 14.6 Å². The molecule has 1 unspecified atom stereocenters. The predicted molar refractivity (Wildman–Crippen MR) is 84.0 cm³/mol. The Kier molecular flexibility index (Phi) is 6.55. The summed E-state index contributed by atoms with van der Waals surface area (Å²) in [5, 5.41) is 8.85. The van der Waals surface area contributed by atoms with Gasteiger partial charge in [0.05, 0.1) is 31.5 Å². The van der Waals surface area contributed by atoms with Crippen LogP contribution >= 0.6 is 0 Å². The van der Waals surface area contributed by atoms with Gasteiger partial charge in [-0.1, -0.05) is 0 Å². The lowest BCUT2D eigenvalue weighted by molar-refractivity contribution is -0.142. The highest BCUT2D eigenvalue weighted by Crippen LogP contribution is 2.18. The Morgan fingerprint density at radius 3 is 2.54 bits per heavy atom. The topological polar surface area (TPSA) is 113 Å². The number of rotatable bonds is 7. The Balaban J connectivity index is 1.91. The van der Waals surface area contributed by atoms with Crippen molar-refractivity contribution in [3.63, 3.8) is 0 Å².